The van der Waals surface area contributed by atoms with Crippen LogP contribution in [-0.2, 0) is 0 Å². The van der Waals surface area contributed by atoms with E-state index in [1.807, 2.05) is 0 Å². The van der Waals surface area contributed by atoms with Crippen molar-refractivity contribution in [3.8, 4) is 0 Å². The number of amides is 1. The van der Waals surface area contributed by atoms with Crippen molar-refractivity contribution >= 4 is 40.9 Å². The summed E-state index contributed by atoms with van der Waals surface area (Å²) in [6.07, 6.45) is 6.62. The van der Waals surface area contributed by atoms with Gasteiger partial charge in [-0.05, 0) is 31.2 Å². The summed E-state index contributed by atoms with van der Waals surface area (Å²) in [4.78, 5) is 16.2. The molecular weight excluding hydrogens is 303 g/mol. The monoisotopic (exact) mass is 318 g/mol. The largest absolute Gasteiger partial charge is 0.347 e. The average molecular weight is 319 g/mol. The summed E-state index contributed by atoms with van der Waals surface area (Å²) >= 11 is 13.6. The minimum atomic E-state index is -0.238. The highest BCUT2D eigenvalue weighted by molar-refractivity contribution is 7.99. The number of nitrogens with one attached hydrogen (secondary N) is 1. The molecular formula is C13H16Cl2N2OS. The minimum absolute atomic E-state index is 0.188. The second-order valence-corrected chi connectivity index (χ2v) is 6.47. The Morgan fingerprint density at radius 2 is 2.11 bits per heavy atom. The van der Waals surface area contributed by atoms with Gasteiger partial charge in [-0.15, -0.1) is 0 Å². The van der Waals surface area contributed by atoms with E-state index in [-0.39, 0.29) is 22.8 Å². The quantitative estimate of drug-likeness (QED) is 0.862. The molecule has 1 N–H and O–H groups in total. The topological polar surface area (TPSA) is 42.0 Å². The Morgan fingerprint density at radius 3 is 2.84 bits per heavy atom. The van der Waals surface area contributed by atoms with Gasteiger partial charge < -0.3 is 5.32 Å². The lowest BCUT2D eigenvalue weighted by atomic mass is 9.95. The highest BCUT2D eigenvalue weighted by atomic mass is 35.5. The maximum Gasteiger partial charge on any atom is 0.271 e. The predicted molar refractivity (Wildman–Crippen MR) is 81.3 cm³/mol. The first-order chi connectivity index (χ1) is 9.11. The fraction of sp³-hybridized carbons (Fsp3) is 0.538. The summed E-state index contributed by atoms with van der Waals surface area (Å²) in [6.45, 7) is 0. The van der Waals surface area contributed by atoms with Gasteiger partial charge in [-0.2, -0.15) is 11.8 Å². The molecule has 1 saturated carbocycles. The molecule has 0 radical (unpaired) electrons. The van der Waals surface area contributed by atoms with Crippen LogP contribution in [0.5, 0.6) is 0 Å². The van der Waals surface area contributed by atoms with Gasteiger partial charge in [0.25, 0.3) is 5.91 Å². The third-order valence-electron chi connectivity index (χ3n) is 3.35. The first-order valence-corrected chi connectivity index (χ1v) is 8.32. The lowest BCUT2D eigenvalue weighted by Crippen LogP contribution is -2.44. The Morgan fingerprint density at radius 1 is 1.37 bits per heavy atom. The molecule has 2 unspecified atom stereocenters. The highest BCUT2D eigenvalue weighted by Crippen LogP contribution is 2.27. The van der Waals surface area contributed by atoms with Crippen molar-refractivity contribution in [2.75, 3.05) is 6.26 Å². The minimum Gasteiger partial charge on any atom is -0.347 e. The number of carbonyl (C=O) groups excluding carboxylic acids is 1. The van der Waals surface area contributed by atoms with E-state index in [0.717, 1.165) is 19.3 Å². The number of thioether (sulfide) groups is 1. The first-order valence-electron chi connectivity index (χ1n) is 6.27. The zero-order chi connectivity index (χ0) is 13.8. The van der Waals surface area contributed by atoms with Crippen LogP contribution in [0.2, 0.25) is 10.2 Å². The van der Waals surface area contributed by atoms with Gasteiger partial charge in [-0.3, -0.25) is 4.79 Å². The molecule has 0 saturated heterocycles. The van der Waals surface area contributed by atoms with E-state index in [0.29, 0.717) is 10.3 Å². The molecule has 0 aliphatic heterocycles. The molecule has 2 rings (SSSR count). The van der Waals surface area contributed by atoms with Gasteiger partial charge in [0.15, 0.2) is 0 Å². The summed E-state index contributed by atoms with van der Waals surface area (Å²) in [5.74, 6) is -0.238. The number of nitrogens with zero attached hydrogens (tertiary/aromatic N) is 1. The van der Waals surface area contributed by atoms with Crippen molar-refractivity contribution in [2.24, 2.45) is 0 Å². The molecule has 104 valence electrons. The van der Waals surface area contributed by atoms with Gasteiger partial charge in [0, 0.05) is 11.3 Å². The Bertz CT molecular complexity index is 470. The number of hydrogen-bond donors (Lipinski definition) is 1. The van der Waals surface area contributed by atoms with Crippen molar-refractivity contribution in [1.82, 2.24) is 10.3 Å². The maximum atomic E-state index is 12.2. The molecule has 1 heterocycles. The number of aromatic nitrogens is 1. The van der Waals surface area contributed by atoms with Crippen molar-refractivity contribution < 1.29 is 4.79 Å². The van der Waals surface area contributed by atoms with Crippen molar-refractivity contribution in [3.05, 3.63) is 28.0 Å². The third kappa shape index (κ3) is 3.77. The summed E-state index contributed by atoms with van der Waals surface area (Å²) in [7, 11) is 0. The van der Waals surface area contributed by atoms with Crippen molar-refractivity contribution in [1.29, 1.82) is 0 Å². The zero-order valence-electron chi connectivity index (χ0n) is 10.7. The fourth-order valence-electron chi connectivity index (χ4n) is 2.36. The lowest BCUT2D eigenvalue weighted by Gasteiger charge is -2.30. The number of hydrogen-bond acceptors (Lipinski definition) is 3. The molecule has 1 aliphatic carbocycles. The summed E-state index contributed by atoms with van der Waals surface area (Å²) in [5, 5.41) is 4.12. The van der Waals surface area contributed by atoms with E-state index < -0.39 is 0 Å². The SMILES string of the molecule is CSC1CCCCC1NC(=O)c1nc(Cl)ccc1Cl. The summed E-state index contributed by atoms with van der Waals surface area (Å²) in [5.41, 5.74) is 0.208. The Labute approximate surface area is 127 Å². The number of rotatable bonds is 3. The van der Waals surface area contributed by atoms with Crippen molar-refractivity contribution in [3.63, 3.8) is 0 Å². The number of halogens is 2. The molecule has 1 aromatic heterocycles. The third-order valence-corrected chi connectivity index (χ3v) is 5.03. The van der Waals surface area contributed by atoms with Crippen LogP contribution < -0.4 is 5.32 Å². The summed E-state index contributed by atoms with van der Waals surface area (Å²) < 4.78 is 0. The maximum absolute atomic E-state index is 12.2. The van der Waals surface area contributed by atoms with Crippen LogP contribution in [0, 0.1) is 0 Å². The molecule has 3 nitrogen and oxygen atoms in total. The van der Waals surface area contributed by atoms with Crippen LogP contribution in [-0.4, -0.2) is 28.4 Å². The van der Waals surface area contributed by atoms with Crippen molar-refractivity contribution in [2.45, 2.75) is 37.0 Å². The van der Waals surface area contributed by atoms with Gasteiger partial charge in [0.1, 0.15) is 10.8 Å². The van der Waals surface area contributed by atoms with Crippen LogP contribution in [0.1, 0.15) is 36.2 Å². The van der Waals surface area contributed by atoms with Gasteiger partial charge in [0.2, 0.25) is 0 Å². The molecule has 0 spiro atoms. The van der Waals surface area contributed by atoms with E-state index in [2.05, 4.69) is 16.6 Å². The normalized spacial score (nSPS) is 23.1. The van der Waals surface area contributed by atoms with Crippen LogP contribution in [0.3, 0.4) is 0 Å². The molecule has 6 heteroatoms. The van der Waals surface area contributed by atoms with E-state index in [4.69, 9.17) is 23.2 Å². The zero-order valence-corrected chi connectivity index (χ0v) is 13.0. The molecule has 1 aliphatic rings. The number of pyridine rings is 1. The van der Waals surface area contributed by atoms with Gasteiger partial charge in [-0.1, -0.05) is 36.0 Å². The average Bonchev–Trinajstić information content (AvgIpc) is 2.42. The second-order valence-electron chi connectivity index (χ2n) is 4.60. The van der Waals surface area contributed by atoms with Crippen LogP contribution >= 0.6 is 35.0 Å². The molecule has 0 bridgehead atoms. The molecule has 1 aromatic rings. The predicted octanol–water partition coefficient (Wildman–Crippen LogP) is 3.79. The Hall–Kier alpha value is -0.450. The lowest BCUT2D eigenvalue weighted by molar-refractivity contribution is 0.0924. The molecule has 1 amide bonds. The molecule has 1 fully saturated rings. The Balaban J connectivity index is 2.09. The van der Waals surface area contributed by atoms with E-state index in [1.54, 1.807) is 23.9 Å². The molecule has 0 aromatic carbocycles. The van der Waals surface area contributed by atoms with E-state index in [1.165, 1.54) is 6.42 Å². The number of carbonyl (C=O) groups is 1. The van der Waals surface area contributed by atoms with E-state index in [9.17, 15) is 4.79 Å². The second kappa shape index (κ2) is 6.82. The molecule has 2 atom stereocenters. The van der Waals surface area contributed by atoms with Gasteiger partial charge >= 0.3 is 0 Å². The smallest absolute Gasteiger partial charge is 0.271 e. The van der Waals surface area contributed by atoms with E-state index >= 15 is 0 Å². The first kappa shape index (κ1) is 14.9. The summed E-state index contributed by atoms with van der Waals surface area (Å²) in [6, 6.07) is 3.36. The van der Waals surface area contributed by atoms with Gasteiger partial charge in [0.05, 0.1) is 5.02 Å². The van der Waals surface area contributed by atoms with Crippen LogP contribution in [0.15, 0.2) is 12.1 Å². The van der Waals surface area contributed by atoms with Crippen LogP contribution in [0.25, 0.3) is 0 Å². The Kier molecular flexibility index (Phi) is 5.37. The standard InChI is InChI=1S/C13H16Cl2N2OS/c1-19-10-5-3-2-4-9(10)16-13(18)12-8(14)6-7-11(15)17-12/h6-7,9-10H,2-5H2,1H3,(H,16,18). The fourth-order valence-corrected chi connectivity index (χ4v) is 3.63. The van der Waals surface area contributed by atoms with Gasteiger partial charge in [-0.25, -0.2) is 4.98 Å². The highest BCUT2D eigenvalue weighted by Gasteiger charge is 2.27. The van der Waals surface area contributed by atoms with Crippen LogP contribution in [0.4, 0.5) is 0 Å². The molecule has 19 heavy (non-hydrogen) atoms.